The summed E-state index contributed by atoms with van der Waals surface area (Å²) in [6.07, 6.45) is 0.843. The minimum Gasteiger partial charge on any atom is -0.497 e. The molecule has 3 rings (SSSR count). The Morgan fingerprint density at radius 2 is 1.86 bits per heavy atom. The second-order valence-corrected chi connectivity index (χ2v) is 6.75. The first-order valence-electron chi connectivity index (χ1n) is 9.20. The van der Waals surface area contributed by atoms with Gasteiger partial charge in [-0.3, -0.25) is 15.0 Å². The Morgan fingerprint density at radius 3 is 2.52 bits per heavy atom. The lowest BCUT2D eigenvalue weighted by molar-refractivity contribution is -0.139. The molecule has 1 atom stereocenters. The van der Waals surface area contributed by atoms with Gasteiger partial charge >= 0.3 is 6.03 Å². The highest BCUT2D eigenvalue weighted by molar-refractivity contribution is 6.08. The van der Waals surface area contributed by atoms with Gasteiger partial charge in [-0.2, -0.15) is 5.01 Å². The number of ether oxygens (including phenoxy) is 2. The molecule has 8 heteroatoms. The van der Waals surface area contributed by atoms with E-state index in [1.54, 1.807) is 37.3 Å². The molecule has 1 aliphatic rings. The van der Waals surface area contributed by atoms with Gasteiger partial charge in [0, 0.05) is 0 Å². The number of rotatable bonds is 7. The summed E-state index contributed by atoms with van der Waals surface area (Å²) in [6, 6.07) is 13.4. The maximum Gasteiger partial charge on any atom is 0.344 e. The summed E-state index contributed by atoms with van der Waals surface area (Å²) in [5.41, 5.74) is 2.66. The summed E-state index contributed by atoms with van der Waals surface area (Å²) in [5.74, 6) is -0.0354. The molecular weight excluding hydrogens is 374 g/mol. The molecule has 0 unspecified atom stereocenters. The number of aryl methyl sites for hydroxylation is 1. The molecule has 29 heavy (non-hydrogen) atoms. The van der Waals surface area contributed by atoms with Gasteiger partial charge in [-0.25, -0.2) is 4.79 Å². The summed E-state index contributed by atoms with van der Waals surface area (Å²) in [5, 5.41) is 3.30. The van der Waals surface area contributed by atoms with Gasteiger partial charge in [0.25, 0.3) is 11.8 Å². The van der Waals surface area contributed by atoms with Crippen molar-refractivity contribution in [1.82, 2.24) is 15.8 Å². The van der Waals surface area contributed by atoms with Crippen molar-refractivity contribution in [3.8, 4) is 11.5 Å². The molecule has 4 amide bonds. The Kier molecular flexibility index (Phi) is 5.72. The van der Waals surface area contributed by atoms with Crippen LogP contribution in [0.1, 0.15) is 25.0 Å². The number of carbonyl (C=O) groups is 3. The number of methoxy groups -OCH3 is 1. The van der Waals surface area contributed by atoms with E-state index in [-0.39, 0.29) is 6.61 Å². The molecule has 0 aliphatic carbocycles. The number of benzene rings is 2. The predicted octanol–water partition coefficient (Wildman–Crippen LogP) is 2.13. The second-order valence-electron chi connectivity index (χ2n) is 6.75. The summed E-state index contributed by atoms with van der Waals surface area (Å²) in [4.78, 5) is 37.4. The van der Waals surface area contributed by atoms with Crippen molar-refractivity contribution in [3.63, 3.8) is 0 Å². The Labute approximate surface area is 168 Å². The highest BCUT2D eigenvalue weighted by Gasteiger charge is 2.50. The minimum absolute atomic E-state index is 0.330. The van der Waals surface area contributed by atoms with E-state index in [2.05, 4.69) is 10.7 Å². The Hall–Kier alpha value is -3.55. The van der Waals surface area contributed by atoms with E-state index >= 15 is 0 Å². The molecule has 0 bridgehead atoms. The zero-order valence-electron chi connectivity index (χ0n) is 16.5. The van der Waals surface area contributed by atoms with Gasteiger partial charge in [-0.05, 0) is 48.7 Å². The molecule has 2 aromatic carbocycles. The van der Waals surface area contributed by atoms with Crippen LogP contribution in [0, 0.1) is 0 Å². The van der Waals surface area contributed by atoms with Crippen molar-refractivity contribution in [3.05, 3.63) is 59.7 Å². The molecule has 1 fully saturated rings. The van der Waals surface area contributed by atoms with Crippen molar-refractivity contribution < 1.29 is 23.9 Å². The number of hydrogen-bond acceptors (Lipinski definition) is 5. The lowest BCUT2D eigenvalue weighted by Crippen LogP contribution is -2.49. The molecule has 2 aromatic rings. The average Bonchev–Trinajstić information content (AvgIpc) is 2.96. The molecule has 2 N–H and O–H groups in total. The monoisotopic (exact) mass is 397 g/mol. The van der Waals surface area contributed by atoms with Crippen molar-refractivity contribution in [1.29, 1.82) is 0 Å². The first kappa shape index (κ1) is 20.2. The highest BCUT2D eigenvalue weighted by atomic mass is 16.5. The number of hydrazine groups is 1. The summed E-state index contributed by atoms with van der Waals surface area (Å²) >= 11 is 0. The summed E-state index contributed by atoms with van der Waals surface area (Å²) < 4.78 is 10.6. The molecular formula is C21H23N3O5. The van der Waals surface area contributed by atoms with Crippen molar-refractivity contribution in [2.45, 2.75) is 25.8 Å². The van der Waals surface area contributed by atoms with E-state index < -0.39 is 23.4 Å². The van der Waals surface area contributed by atoms with Crippen LogP contribution < -0.4 is 20.2 Å². The van der Waals surface area contributed by atoms with Crippen LogP contribution >= 0.6 is 0 Å². The molecule has 0 aromatic heterocycles. The van der Waals surface area contributed by atoms with Crippen LogP contribution in [0.25, 0.3) is 0 Å². The lowest BCUT2D eigenvalue weighted by Gasteiger charge is -2.22. The van der Waals surface area contributed by atoms with Crippen LogP contribution in [0.5, 0.6) is 11.5 Å². The fraction of sp³-hybridized carbons (Fsp3) is 0.286. The first-order valence-corrected chi connectivity index (χ1v) is 9.20. The molecule has 0 saturated carbocycles. The third kappa shape index (κ3) is 4.16. The highest BCUT2D eigenvalue weighted by Crippen LogP contribution is 2.29. The number of nitrogens with zero attached hydrogens (tertiary/aromatic N) is 1. The number of imide groups is 1. The van der Waals surface area contributed by atoms with Gasteiger partial charge in [0.15, 0.2) is 6.61 Å². The summed E-state index contributed by atoms with van der Waals surface area (Å²) in [7, 11) is 1.54. The third-order valence-electron chi connectivity index (χ3n) is 4.77. The third-order valence-corrected chi connectivity index (χ3v) is 4.77. The molecule has 8 nitrogen and oxygen atoms in total. The largest absolute Gasteiger partial charge is 0.497 e. The van der Waals surface area contributed by atoms with E-state index in [1.165, 1.54) is 7.11 Å². The number of amides is 4. The van der Waals surface area contributed by atoms with Crippen LogP contribution in [0.3, 0.4) is 0 Å². The molecule has 1 saturated heterocycles. The van der Waals surface area contributed by atoms with Crippen LogP contribution in [-0.2, 0) is 21.5 Å². The molecule has 0 radical (unpaired) electrons. The second kappa shape index (κ2) is 8.22. The van der Waals surface area contributed by atoms with E-state index in [4.69, 9.17) is 9.47 Å². The minimum atomic E-state index is -1.30. The van der Waals surface area contributed by atoms with Crippen LogP contribution in [0.15, 0.2) is 48.5 Å². The van der Waals surface area contributed by atoms with Crippen LogP contribution in [-0.4, -0.2) is 36.6 Å². The number of hydrogen-bond donors (Lipinski definition) is 2. The fourth-order valence-electron chi connectivity index (χ4n) is 3.02. The van der Waals surface area contributed by atoms with Gasteiger partial charge in [0.2, 0.25) is 0 Å². The predicted molar refractivity (Wildman–Crippen MR) is 105 cm³/mol. The smallest absolute Gasteiger partial charge is 0.344 e. The molecule has 1 heterocycles. The summed E-state index contributed by atoms with van der Waals surface area (Å²) in [6.45, 7) is 3.26. The van der Waals surface area contributed by atoms with Gasteiger partial charge < -0.3 is 14.8 Å². The van der Waals surface area contributed by atoms with E-state index in [0.717, 1.165) is 12.0 Å². The SMILES string of the molecule is CCc1cccc(OCC(=O)NN2C(=O)N[C@@](C)(c3ccc(OC)cc3)C2=O)c1. The van der Waals surface area contributed by atoms with Crippen molar-refractivity contribution in [2.24, 2.45) is 0 Å². The van der Waals surface area contributed by atoms with E-state index in [9.17, 15) is 14.4 Å². The van der Waals surface area contributed by atoms with Crippen molar-refractivity contribution >= 4 is 17.8 Å². The van der Waals surface area contributed by atoms with Gasteiger partial charge in [-0.1, -0.05) is 31.2 Å². The zero-order valence-corrected chi connectivity index (χ0v) is 16.5. The maximum absolute atomic E-state index is 12.8. The van der Waals surface area contributed by atoms with E-state index in [1.807, 2.05) is 25.1 Å². The normalized spacial score (nSPS) is 18.4. The molecule has 0 spiro atoms. The molecule has 152 valence electrons. The van der Waals surface area contributed by atoms with Gasteiger partial charge in [0.1, 0.15) is 17.0 Å². The number of urea groups is 1. The van der Waals surface area contributed by atoms with Crippen molar-refractivity contribution in [2.75, 3.05) is 13.7 Å². The van der Waals surface area contributed by atoms with Crippen LogP contribution in [0.4, 0.5) is 4.79 Å². The molecule has 1 aliphatic heterocycles. The number of nitrogens with one attached hydrogen (secondary N) is 2. The van der Waals surface area contributed by atoms with Gasteiger partial charge in [0.05, 0.1) is 7.11 Å². The zero-order chi connectivity index (χ0) is 21.0. The first-order chi connectivity index (χ1) is 13.9. The maximum atomic E-state index is 12.8. The Balaban J connectivity index is 1.65. The average molecular weight is 397 g/mol. The van der Waals surface area contributed by atoms with Crippen LogP contribution in [0.2, 0.25) is 0 Å². The fourth-order valence-corrected chi connectivity index (χ4v) is 3.02. The Bertz CT molecular complexity index is 928. The quantitative estimate of drug-likeness (QED) is 0.698. The lowest BCUT2D eigenvalue weighted by atomic mass is 9.92. The topological polar surface area (TPSA) is 97.0 Å². The standard InChI is InChI=1S/C21H23N3O5/c1-4-14-6-5-7-17(12-14)29-13-18(25)23-24-19(26)21(2,22-20(24)27)15-8-10-16(28-3)11-9-15/h5-12H,4,13H2,1-3H3,(H,22,27)(H,23,25)/t21-/m0/s1. The number of carbonyl (C=O) groups excluding carboxylic acids is 3. The Morgan fingerprint density at radius 1 is 1.14 bits per heavy atom. The van der Waals surface area contributed by atoms with E-state index in [0.29, 0.717) is 22.1 Å². The van der Waals surface area contributed by atoms with Gasteiger partial charge in [-0.15, -0.1) is 0 Å².